The van der Waals surface area contributed by atoms with E-state index in [0.717, 1.165) is 43.6 Å². The average Bonchev–Trinajstić information content (AvgIpc) is 2.84. The van der Waals surface area contributed by atoms with Crippen molar-refractivity contribution in [2.75, 3.05) is 20.2 Å². The van der Waals surface area contributed by atoms with Crippen LogP contribution in [-0.2, 0) is 17.9 Å². The van der Waals surface area contributed by atoms with E-state index in [1.165, 1.54) is 17.7 Å². The summed E-state index contributed by atoms with van der Waals surface area (Å²) in [6.45, 7) is 3.40. The highest BCUT2D eigenvalue weighted by Gasteiger charge is 2.18. The first-order valence-electron chi connectivity index (χ1n) is 10.7. The number of rotatable bonds is 6. The molecule has 0 amide bonds. The molecular formula is C26H26FN3O2. The van der Waals surface area contributed by atoms with Crippen LogP contribution in [0.15, 0.2) is 60.7 Å². The average molecular weight is 432 g/mol. The largest absolute Gasteiger partial charge is 0.472 e. The molecule has 1 aliphatic rings. The van der Waals surface area contributed by atoms with Gasteiger partial charge in [0.05, 0.1) is 6.10 Å². The molecule has 5 nitrogen and oxygen atoms in total. The van der Waals surface area contributed by atoms with Gasteiger partial charge in [0.15, 0.2) is 0 Å². The van der Waals surface area contributed by atoms with Gasteiger partial charge in [-0.15, -0.1) is 10.2 Å². The summed E-state index contributed by atoms with van der Waals surface area (Å²) >= 11 is 0. The van der Waals surface area contributed by atoms with Crippen LogP contribution < -0.4 is 4.74 Å². The standard InChI is InChI=1S/C26H26FN3O2/c1-31-25-14-16-30(17-15-25)18-21-4-2-20(3-5-21)8-11-24-12-13-26(29-28-24)32-19-22-6-9-23(27)10-7-22/h2-7,9-10,12-13,25H,14-19H2,1H3. The Balaban J connectivity index is 1.28. The number of nitrogens with zero attached hydrogens (tertiary/aromatic N) is 3. The van der Waals surface area contributed by atoms with Gasteiger partial charge in [-0.2, -0.15) is 0 Å². The molecule has 2 heterocycles. The lowest BCUT2D eigenvalue weighted by molar-refractivity contribution is 0.0388. The lowest BCUT2D eigenvalue weighted by Gasteiger charge is -2.31. The van der Waals surface area contributed by atoms with E-state index in [-0.39, 0.29) is 5.82 Å². The Morgan fingerprint density at radius 2 is 1.62 bits per heavy atom. The maximum atomic E-state index is 12.9. The molecule has 164 valence electrons. The predicted octanol–water partition coefficient (Wildman–Crippen LogP) is 4.21. The Hall–Kier alpha value is -3.27. The van der Waals surface area contributed by atoms with E-state index in [4.69, 9.17) is 9.47 Å². The van der Waals surface area contributed by atoms with Crippen molar-refractivity contribution >= 4 is 0 Å². The molecule has 1 fully saturated rings. The highest BCUT2D eigenvalue weighted by atomic mass is 19.1. The maximum Gasteiger partial charge on any atom is 0.233 e. The molecule has 0 spiro atoms. The van der Waals surface area contributed by atoms with Crippen molar-refractivity contribution in [1.29, 1.82) is 0 Å². The molecule has 0 N–H and O–H groups in total. The number of piperidine rings is 1. The fourth-order valence-electron chi connectivity index (χ4n) is 3.59. The predicted molar refractivity (Wildman–Crippen MR) is 120 cm³/mol. The minimum atomic E-state index is -0.270. The van der Waals surface area contributed by atoms with Gasteiger partial charge in [0.1, 0.15) is 18.1 Å². The van der Waals surface area contributed by atoms with Gasteiger partial charge in [0.25, 0.3) is 0 Å². The Bertz CT molecular complexity index is 1050. The molecule has 1 aliphatic heterocycles. The van der Waals surface area contributed by atoms with Gasteiger partial charge in [-0.1, -0.05) is 30.2 Å². The molecule has 32 heavy (non-hydrogen) atoms. The zero-order valence-corrected chi connectivity index (χ0v) is 18.1. The van der Waals surface area contributed by atoms with Crippen molar-refractivity contribution in [3.63, 3.8) is 0 Å². The summed E-state index contributed by atoms with van der Waals surface area (Å²) < 4.78 is 24.0. The summed E-state index contributed by atoms with van der Waals surface area (Å²) in [5.41, 5.74) is 3.66. The van der Waals surface area contributed by atoms with Crippen LogP contribution in [0, 0.1) is 17.7 Å². The van der Waals surface area contributed by atoms with Crippen molar-refractivity contribution in [1.82, 2.24) is 15.1 Å². The van der Waals surface area contributed by atoms with Crippen molar-refractivity contribution in [3.8, 4) is 17.7 Å². The Labute approximate surface area is 188 Å². The molecule has 0 radical (unpaired) electrons. The second-order valence-corrected chi connectivity index (χ2v) is 7.83. The SMILES string of the molecule is COC1CCN(Cc2ccc(C#Cc3ccc(OCc4ccc(F)cc4)nn3)cc2)CC1. The third kappa shape index (κ3) is 6.36. The number of likely N-dealkylation sites (tertiary alicyclic amines) is 1. The topological polar surface area (TPSA) is 47.5 Å². The number of methoxy groups -OCH3 is 1. The molecule has 3 aromatic rings. The van der Waals surface area contributed by atoms with Gasteiger partial charge >= 0.3 is 0 Å². The fraction of sp³-hybridized carbons (Fsp3) is 0.308. The number of hydrogen-bond donors (Lipinski definition) is 0. The Morgan fingerprint density at radius 1 is 0.906 bits per heavy atom. The maximum absolute atomic E-state index is 12.9. The van der Waals surface area contributed by atoms with Crippen LogP contribution in [0.4, 0.5) is 4.39 Å². The first kappa shape index (κ1) is 21.9. The zero-order chi connectivity index (χ0) is 22.2. The van der Waals surface area contributed by atoms with Gasteiger partial charge in [0, 0.05) is 38.4 Å². The van der Waals surface area contributed by atoms with Crippen molar-refractivity contribution < 1.29 is 13.9 Å². The minimum Gasteiger partial charge on any atom is -0.472 e. The van der Waals surface area contributed by atoms with Crippen LogP contribution in [0.5, 0.6) is 5.88 Å². The lowest BCUT2D eigenvalue weighted by atomic mass is 10.1. The van der Waals surface area contributed by atoms with E-state index < -0.39 is 0 Å². The molecule has 1 saturated heterocycles. The Kier molecular flexibility index (Phi) is 7.44. The van der Waals surface area contributed by atoms with Gasteiger partial charge in [-0.05, 0) is 60.2 Å². The molecule has 2 aromatic carbocycles. The highest BCUT2D eigenvalue weighted by Crippen LogP contribution is 2.16. The molecule has 0 atom stereocenters. The number of hydrogen-bond acceptors (Lipinski definition) is 5. The number of benzene rings is 2. The third-order valence-corrected chi connectivity index (χ3v) is 5.50. The van der Waals surface area contributed by atoms with Crippen molar-refractivity contribution in [2.24, 2.45) is 0 Å². The zero-order valence-electron chi connectivity index (χ0n) is 18.1. The van der Waals surface area contributed by atoms with Crippen LogP contribution in [0.2, 0.25) is 0 Å². The molecule has 0 bridgehead atoms. The van der Waals surface area contributed by atoms with Crippen molar-refractivity contribution in [2.45, 2.75) is 32.1 Å². The first-order chi connectivity index (χ1) is 15.7. The molecule has 0 unspecified atom stereocenters. The smallest absolute Gasteiger partial charge is 0.233 e. The van der Waals surface area contributed by atoms with Crippen LogP contribution in [-0.4, -0.2) is 41.4 Å². The van der Waals surface area contributed by atoms with E-state index in [1.54, 1.807) is 31.4 Å². The molecule has 0 saturated carbocycles. The molecular weight excluding hydrogens is 405 g/mol. The van der Waals surface area contributed by atoms with Gasteiger partial charge in [0.2, 0.25) is 5.88 Å². The van der Waals surface area contributed by atoms with E-state index in [1.807, 2.05) is 12.1 Å². The summed E-state index contributed by atoms with van der Waals surface area (Å²) in [5.74, 6) is 6.30. The molecule has 1 aromatic heterocycles. The number of ether oxygens (including phenoxy) is 2. The fourth-order valence-corrected chi connectivity index (χ4v) is 3.59. The Morgan fingerprint density at radius 3 is 2.28 bits per heavy atom. The third-order valence-electron chi connectivity index (χ3n) is 5.50. The first-order valence-corrected chi connectivity index (χ1v) is 10.7. The summed E-state index contributed by atoms with van der Waals surface area (Å²) in [7, 11) is 1.80. The van der Waals surface area contributed by atoms with E-state index >= 15 is 0 Å². The summed E-state index contributed by atoms with van der Waals surface area (Å²) in [4.78, 5) is 2.46. The summed E-state index contributed by atoms with van der Waals surface area (Å²) in [6, 6.07) is 18.0. The number of aromatic nitrogens is 2. The van der Waals surface area contributed by atoms with Crippen molar-refractivity contribution in [3.05, 3.63) is 88.9 Å². The highest BCUT2D eigenvalue weighted by molar-refractivity contribution is 5.41. The monoisotopic (exact) mass is 431 g/mol. The van der Waals surface area contributed by atoms with Gasteiger partial charge in [-0.3, -0.25) is 4.90 Å². The van der Waals surface area contributed by atoms with Crippen LogP contribution in [0.25, 0.3) is 0 Å². The molecule has 4 rings (SSSR count). The summed E-state index contributed by atoms with van der Waals surface area (Å²) in [5, 5.41) is 8.15. The second kappa shape index (κ2) is 10.9. The van der Waals surface area contributed by atoms with Gasteiger partial charge in [-0.25, -0.2) is 4.39 Å². The van der Waals surface area contributed by atoms with Crippen LogP contribution >= 0.6 is 0 Å². The second-order valence-electron chi connectivity index (χ2n) is 7.83. The molecule has 0 aliphatic carbocycles. The van der Waals surface area contributed by atoms with E-state index in [2.05, 4.69) is 39.1 Å². The minimum absolute atomic E-state index is 0.270. The molecule has 6 heteroatoms. The van der Waals surface area contributed by atoms with E-state index in [0.29, 0.717) is 24.3 Å². The quantitative estimate of drug-likeness (QED) is 0.548. The van der Waals surface area contributed by atoms with Crippen LogP contribution in [0.3, 0.4) is 0 Å². The van der Waals surface area contributed by atoms with Gasteiger partial charge < -0.3 is 9.47 Å². The lowest BCUT2D eigenvalue weighted by Crippen LogP contribution is -2.36. The normalized spacial score (nSPS) is 14.6. The van der Waals surface area contributed by atoms with Crippen LogP contribution in [0.1, 0.15) is 35.2 Å². The van der Waals surface area contributed by atoms with E-state index in [9.17, 15) is 4.39 Å². The summed E-state index contributed by atoms with van der Waals surface area (Å²) in [6.07, 6.45) is 2.59. The number of halogens is 1.